The summed E-state index contributed by atoms with van der Waals surface area (Å²) in [7, 11) is 1.62. The molecule has 0 radical (unpaired) electrons. The van der Waals surface area contributed by atoms with Crippen LogP contribution in [-0.2, 0) is 17.9 Å². The van der Waals surface area contributed by atoms with E-state index in [0.717, 1.165) is 16.9 Å². The van der Waals surface area contributed by atoms with Crippen molar-refractivity contribution >= 4 is 45.8 Å². The van der Waals surface area contributed by atoms with Gasteiger partial charge in [-0.1, -0.05) is 59.6 Å². The van der Waals surface area contributed by atoms with Gasteiger partial charge in [0, 0.05) is 24.2 Å². The SMILES string of the molecule is Cc1nc2c(OCc3c(Cl)ccc(N(C)C(=O)CN)c3Cl)cccc2n1Cc1ccccc1. The molecule has 0 bridgehead atoms. The number of hydrogen-bond acceptors (Lipinski definition) is 4. The zero-order chi connectivity index (χ0) is 23.5. The van der Waals surface area contributed by atoms with Gasteiger partial charge in [-0.3, -0.25) is 4.79 Å². The second-order valence-corrected chi connectivity index (χ2v) is 8.44. The molecule has 1 aromatic heterocycles. The number of hydrogen-bond donors (Lipinski definition) is 1. The van der Waals surface area contributed by atoms with E-state index in [1.807, 2.05) is 43.3 Å². The van der Waals surface area contributed by atoms with Crippen molar-refractivity contribution in [3.63, 3.8) is 0 Å². The number of rotatable bonds is 7. The van der Waals surface area contributed by atoms with Crippen LogP contribution in [0.3, 0.4) is 0 Å². The van der Waals surface area contributed by atoms with Crippen LogP contribution >= 0.6 is 23.2 Å². The molecule has 0 saturated heterocycles. The Morgan fingerprint density at radius 2 is 1.85 bits per heavy atom. The number of benzene rings is 3. The van der Waals surface area contributed by atoms with Crippen molar-refractivity contribution in [2.24, 2.45) is 5.73 Å². The Balaban J connectivity index is 1.63. The summed E-state index contributed by atoms with van der Waals surface area (Å²) in [5, 5.41) is 0.806. The molecule has 0 fully saturated rings. The first-order valence-corrected chi connectivity index (χ1v) is 11.2. The number of imidazole rings is 1. The molecule has 0 atom stereocenters. The number of carbonyl (C=O) groups is 1. The van der Waals surface area contributed by atoms with E-state index >= 15 is 0 Å². The maximum atomic E-state index is 12.0. The molecule has 0 saturated carbocycles. The number of aromatic nitrogens is 2. The van der Waals surface area contributed by atoms with E-state index in [4.69, 9.17) is 38.7 Å². The topological polar surface area (TPSA) is 73.4 Å². The van der Waals surface area contributed by atoms with Crippen LogP contribution in [0.4, 0.5) is 5.69 Å². The molecule has 1 heterocycles. The second-order valence-electron chi connectivity index (χ2n) is 7.66. The molecule has 8 heteroatoms. The second kappa shape index (κ2) is 9.83. The molecular weight excluding hydrogens is 459 g/mol. The van der Waals surface area contributed by atoms with Gasteiger partial charge in [0.2, 0.25) is 5.91 Å². The number of likely N-dealkylation sites (N-methyl/N-ethyl adjacent to an activating group) is 1. The first-order valence-electron chi connectivity index (χ1n) is 10.5. The van der Waals surface area contributed by atoms with Crippen LogP contribution < -0.4 is 15.4 Å². The Labute approximate surface area is 202 Å². The predicted molar refractivity (Wildman–Crippen MR) is 133 cm³/mol. The van der Waals surface area contributed by atoms with Gasteiger partial charge in [-0.15, -0.1) is 0 Å². The molecule has 0 aliphatic carbocycles. The Bertz CT molecular complexity index is 1310. The van der Waals surface area contributed by atoms with Crippen molar-refractivity contribution < 1.29 is 9.53 Å². The molecule has 3 aromatic carbocycles. The molecule has 4 rings (SSSR count). The number of amides is 1. The summed E-state index contributed by atoms with van der Waals surface area (Å²) in [5.41, 5.74) is 9.54. The van der Waals surface area contributed by atoms with E-state index in [0.29, 0.717) is 33.6 Å². The highest BCUT2D eigenvalue weighted by molar-refractivity contribution is 6.38. The minimum Gasteiger partial charge on any atom is -0.486 e. The van der Waals surface area contributed by atoms with Crippen molar-refractivity contribution in [3.8, 4) is 5.75 Å². The summed E-state index contributed by atoms with van der Waals surface area (Å²) in [6.07, 6.45) is 0. The Morgan fingerprint density at radius 1 is 1.09 bits per heavy atom. The monoisotopic (exact) mass is 482 g/mol. The number of halogens is 2. The molecule has 33 heavy (non-hydrogen) atoms. The summed E-state index contributed by atoms with van der Waals surface area (Å²) in [5.74, 6) is 1.27. The highest BCUT2D eigenvalue weighted by Crippen LogP contribution is 2.35. The van der Waals surface area contributed by atoms with E-state index < -0.39 is 0 Å². The van der Waals surface area contributed by atoms with Crippen molar-refractivity contribution in [2.75, 3.05) is 18.5 Å². The largest absolute Gasteiger partial charge is 0.486 e. The molecule has 4 aromatic rings. The first kappa shape index (κ1) is 23.1. The standard InChI is InChI=1S/C25H24Cl2N4O2/c1-16-29-25-21(31(16)14-17-7-4-3-5-8-17)9-6-10-22(25)33-15-18-19(26)11-12-20(24(18)27)30(2)23(32)13-28/h3-12H,13-15,28H2,1-2H3. The lowest BCUT2D eigenvalue weighted by Crippen LogP contribution is -2.32. The zero-order valence-electron chi connectivity index (χ0n) is 18.4. The maximum absolute atomic E-state index is 12.0. The minimum atomic E-state index is -0.254. The maximum Gasteiger partial charge on any atom is 0.240 e. The summed E-state index contributed by atoms with van der Waals surface area (Å²) in [6, 6.07) is 19.5. The third-order valence-electron chi connectivity index (χ3n) is 5.56. The summed E-state index contributed by atoms with van der Waals surface area (Å²) >= 11 is 13.0. The van der Waals surface area contributed by atoms with Crippen LogP contribution in [-0.4, -0.2) is 29.1 Å². The van der Waals surface area contributed by atoms with Crippen molar-refractivity contribution in [1.29, 1.82) is 0 Å². The Hall–Kier alpha value is -3.06. The number of nitrogens with zero attached hydrogens (tertiary/aromatic N) is 3. The van der Waals surface area contributed by atoms with Gasteiger partial charge in [-0.25, -0.2) is 4.98 Å². The average molecular weight is 483 g/mol. The van der Waals surface area contributed by atoms with Crippen LogP contribution in [0, 0.1) is 6.92 Å². The quantitative estimate of drug-likeness (QED) is 0.392. The molecule has 6 nitrogen and oxygen atoms in total. The number of nitrogens with two attached hydrogens (primary N) is 1. The summed E-state index contributed by atoms with van der Waals surface area (Å²) in [4.78, 5) is 18.2. The molecule has 0 unspecified atom stereocenters. The molecular formula is C25H24Cl2N4O2. The Morgan fingerprint density at radius 3 is 2.58 bits per heavy atom. The molecule has 0 aliphatic rings. The normalized spacial score (nSPS) is 11.1. The van der Waals surface area contributed by atoms with E-state index in [1.54, 1.807) is 19.2 Å². The van der Waals surface area contributed by atoms with Crippen molar-refractivity contribution in [2.45, 2.75) is 20.1 Å². The van der Waals surface area contributed by atoms with Crippen LogP contribution in [0.15, 0.2) is 60.7 Å². The van der Waals surface area contributed by atoms with Crippen LogP contribution in [0.1, 0.15) is 17.0 Å². The van der Waals surface area contributed by atoms with E-state index in [-0.39, 0.29) is 19.1 Å². The van der Waals surface area contributed by atoms with Crippen molar-refractivity contribution in [3.05, 3.63) is 87.7 Å². The summed E-state index contributed by atoms with van der Waals surface area (Å²) in [6.45, 7) is 2.70. The summed E-state index contributed by atoms with van der Waals surface area (Å²) < 4.78 is 8.29. The van der Waals surface area contributed by atoms with Gasteiger partial charge in [-0.2, -0.15) is 0 Å². The third-order valence-corrected chi connectivity index (χ3v) is 6.34. The lowest BCUT2D eigenvalue weighted by Gasteiger charge is -2.20. The van der Waals surface area contributed by atoms with E-state index in [2.05, 4.69) is 16.7 Å². The molecule has 2 N–H and O–H groups in total. The van der Waals surface area contributed by atoms with Gasteiger partial charge in [0.05, 0.1) is 22.8 Å². The van der Waals surface area contributed by atoms with Crippen molar-refractivity contribution in [1.82, 2.24) is 9.55 Å². The van der Waals surface area contributed by atoms with Gasteiger partial charge in [-0.05, 0) is 36.8 Å². The molecule has 170 valence electrons. The molecule has 0 aliphatic heterocycles. The fraction of sp³-hybridized carbons (Fsp3) is 0.200. The number of para-hydroxylation sites is 1. The smallest absolute Gasteiger partial charge is 0.240 e. The van der Waals surface area contributed by atoms with E-state index in [9.17, 15) is 4.79 Å². The van der Waals surface area contributed by atoms with Gasteiger partial charge in [0.15, 0.2) is 0 Å². The number of anilines is 1. The van der Waals surface area contributed by atoms with Gasteiger partial charge in [0.25, 0.3) is 0 Å². The van der Waals surface area contributed by atoms with Gasteiger partial charge in [0.1, 0.15) is 23.7 Å². The van der Waals surface area contributed by atoms with Gasteiger partial charge >= 0.3 is 0 Å². The highest BCUT2D eigenvalue weighted by atomic mass is 35.5. The number of ether oxygens (including phenoxy) is 1. The third kappa shape index (κ3) is 4.69. The number of fused-ring (bicyclic) bond motifs is 1. The lowest BCUT2D eigenvalue weighted by molar-refractivity contribution is -0.117. The molecule has 1 amide bonds. The van der Waals surface area contributed by atoms with Crippen LogP contribution in [0.25, 0.3) is 11.0 Å². The lowest BCUT2D eigenvalue weighted by atomic mass is 10.2. The van der Waals surface area contributed by atoms with Crippen LogP contribution in [0.5, 0.6) is 5.75 Å². The molecule has 0 spiro atoms. The number of carbonyl (C=O) groups excluding carboxylic acids is 1. The fourth-order valence-corrected chi connectivity index (χ4v) is 4.32. The van der Waals surface area contributed by atoms with Crippen LogP contribution in [0.2, 0.25) is 10.0 Å². The average Bonchev–Trinajstić information content (AvgIpc) is 3.14. The predicted octanol–water partition coefficient (Wildman–Crippen LogP) is 5.20. The number of aryl methyl sites for hydroxylation is 1. The highest BCUT2D eigenvalue weighted by Gasteiger charge is 2.19. The van der Waals surface area contributed by atoms with E-state index in [1.165, 1.54) is 10.5 Å². The first-order chi connectivity index (χ1) is 15.9. The Kier molecular flexibility index (Phi) is 6.88. The van der Waals surface area contributed by atoms with Gasteiger partial charge < -0.3 is 19.9 Å². The minimum absolute atomic E-state index is 0.117. The zero-order valence-corrected chi connectivity index (χ0v) is 19.9. The fourth-order valence-electron chi connectivity index (χ4n) is 3.72.